The Balaban J connectivity index is 3.49. The Morgan fingerprint density at radius 3 is 1.82 bits per heavy atom. The van der Waals surface area contributed by atoms with Crippen molar-refractivity contribution >= 4 is 27.3 Å². The lowest BCUT2D eigenvalue weighted by Gasteiger charge is -2.04. The van der Waals surface area contributed by atoms with Crippen LogP contribution in [0, 0.1) is 20.2 Å². The number of benzene rings is 1. The first kappa shape index (κ1) is 12.8. The SMILES string of the molecule is NS(=O)(=O)Nc1c([N+](=O)[O-])cccc1[N+](=O)[O-]. The fourth-order valence-corrected chi connectivity index (χ4v) is 1.57. The third-order valence-electron chi connectivity index (χ3n) is 1.66. The summed E-state index contributed by atoms with van der Waals surface area (Å²) in [6, 6.07) is 2.89. The fourth-order valence-electron chi connectivity index (χ4n) is 1.08. The molecule has 92 valence electrons. The fraction of sp³-hybridized carbons (Fsp3) is 0. The highest BCUT2D eigenvalue weighted by atomic mass is 32.2. The summed E-state index contributed by atoms with van der Waals surface area (Å²) >= 11 is 0. The molecule has 0 saturated carbocycles. The van der Waals surface area contributed by atoms with Crippen LogP contribution in [0.4, 0.5) is 17.1 Å². The summed E-state index contributed by atoms with van der Waals surface area (Å²) in [6.07, 6.45) is 0. The zero-order valence-electron chi connectivity index (χ0n) is 8.06. The van der Waals surface area contributed by atoms with E-state index >= 15 is 0 Å². The van der Waals surface area contributed by atoms with Gasteiger partial charge in [0.25, 0.3) is 21.6 Å². The van der Waals surface area contributed by atoms with Gasteiger partial charge in [-0.3, -0.25) is 25.0 Å². The molecule has 0 unspecified atom stereocenters. The minimum absolute atomic E-state index is 0.756. The van der Waals surface area contributed by atoms with Gasteiger partial charge < -0.3 is 0 Å². The molecule has 1 aromatic carbocycles. The predicted molar refractivity (Wildman–Crippen MR) is 56.5 cm³/mol. The van der Waals surface area contributed by atoms with Gasteiger partial charge in [-0.2, -0.15) is 8.42 Å². The maximum absolute atomic E-state index is 10.8. The molecule has 0 aliphatic heterocycles. The van der Waals surface area contributed by atoms with Gasteiger partial charge in [-0.05, 0) is 6.07 Å². The quantitative estimate of drug-likeness (QED) is 0.578. The van der Waals surface area contributed by atoms with Gasteiger partial charge in [-0.1, -0.05) is 0 Å². The molecule has 0 atom stereocenters. The van der Waals surface area contributed by atoms with Gasteiger partial charge in [-0.15, -0.1) is 0 Å². The van der Waals surface area contributed by atoms with E-state index in [2.05, 4.69) is 5.14 Å². The first-order valence-electron chi connectivity index (χ1n) is 3.94. The molecule has 0 radical (unpaired) electrons. The summed E-state index contributed by atoms with van der Waals surface area (Å²) in [5, 5.41) is 25.8. The molecule has 1 rings (SSSR count). The Labute approximate surface area is 94.5 Å². The van der Waals surface area contributed by atoms with Gasteiger partial charge >= 0.3 is 0 Å². The molecular formula is C6H6N4O6S. The van der Waals surface area contributed by atoms with Crippen LogP contribution in [0.3, 0.4) is 0 Å². The van der Waals surface area contributed by atoms with Crippen molar-refractivity contribution in [3.8, 4) is 0 Å². The number of rotatable bonds is 4. The van der Waals surface area contributed by atoms with E-state index in [-0.39, 0.29) is 0 Å². The smallest absolute Gasteiger partial charge is 0.259 e. The van der Waals surface area contributed by atoms with Crippen LogP contribution < -0.4 is 9.86 Å². The second kappa shape index (κ2) is 4.31. The molecule has 0 aliphatic rings. The molecule has 3 N–H and O–H groups in total. The molecule has 17 heavy (non-hydrogen) atoms. The van der Waals surface area contributed by atoms with Crippen molar-refractivity contribution in [2.45, 2.75) is 0 Å². The normalized spacial score (nSPS) is 10.9. The van der Waals surface area contributed by atoms with Crippen LogP contribution >= 0.6 is 0 Å². The van der Waals surface area contributed by atoms with Gasteiger partial charge in [0.15, 0.2) is 0 Å². The number of anilines is 1. The predicted octanol–water partition coefficient (Wildman–Crippen LogP) is 0.118. The molecule has 1 aromatic rings. The number of nitro groups is 2. The van der Waals surface area contributed by atoms with E-state index in [0.717, 1.165) is 18.2 Å². The minimum Gasteiger partial charge on any atom is -0.259 e. The second-order valence-corrected chi connectivity index (χ2v) is 4.13. The first-order valence-corrected chi connectivity index (χ1v) is 5.49. The van der Waals surface area contributed by atoms with Crippen LogP contribution in [0.5, 0.6) is 0 Å². The molecule has 0 fully saturated rings. The Kier molecular flexibility index (Phi) is 3.24. The van der Waals surface area contributed by atoms with E-state index < -0.39 is 37.1 Å². The maximum Gasteiger partial charge on any atom is 0.300 e. The van der Waals surface area contributed by atoms with E-state index in [1.165, 1.54) is 0 Å². The van der Waals surface area contributed by atoms with Crippen molar-refractivity contribution in [1.82, 2.24) is 0 Å². The molecule has 0 aliphatic carbocycles. The Bertz CT molecular complexity index is 550. The van der Waals surface area contributed by atoms with Crippen molar-refractivity contribution in [1.29, 1.82) is 0 Å². The number of nitrogens with zero attached hydrogens (tertiary/aromatic N) is 2. The van der Waals surface area contributed by atoms with E-state index in [9.17, 15) is 28.6 Å². The highest BCUT2D eigenvalue weighted by molar-refractivity contribution is 7.90. The molecular weight excluding hydrogens is 256 g/mol. The Morgan fingerprint density at radius 2 is 1.53 bits per heavy atom. The topological polar surface area (TPSA) is 158 Å². The molecule has 0 saturated heterocycles. The summed E-state index contributed by atoms with van der Waals surface area (Å²) in [4.78, 5) is 19.3. The highest BCUT2D eigenvalue weighted by Gasteiger charge is 2.26. The lowest BCUT2D eigenvalue weighted by molar-refractivity contribution is -0.392. The zero-order valence-corrected chi connectivity index (χ0v) is 8.88. The third-order valence-corrected chi connectivity index (χ3v) is 2.15. The number of nitro benzene ring substituents is 2. The molecule has 0 heterocycles. The van der Waals surface area contributed by atoms with Crippen molar-refractivity contribution in [3.05, 3.63) is 38.4 Å². The first-order chi connectivity index (χ1) is 7.72. The largest absolute Gasteiger partial charge is 0.300 e. The average molecular weight is 262 g/mol. The van der Waals surface area contributed by atoms with E-state index in [1.807, 2.05) is 0 Å². The van der Waals surface area contributed by atoms with E-state index in [4.69, 9.17) is 0 Å². The summed E-state index contributed by atoms with van der Waals surface area (Å²) < 4.78 is 23.1. The zero-order chi connectivity index (χ0) is 13.2. The van der Waals surface area contributed by atoms with Crippen molar-refractivity contribution < 1.29 is 18.3 Å². The minimum atomic E-state index is -4.35. The van der Waals surface area contributed by atoms with Crippen molar-refractivity contribution in [2.75, 3.05) is 4.72 Å². The highest BCUT2D eigenvalue weighted by Crippen LogP contribution is 2.33. The Morgan fingerprint density at radius 1 is 1.12 bits per heavy atom. The molecule has 10 nitrogen and oxygen atoms in total. The van der Waals surface area contributed by atoms with Gasteiger partial charge in [0, 0.05) is 12.1 Å². The number of para-hydroxylation sites is 1. The van der Waals surface area contributed by atoms with Crippen LogP contribution in [0.15, 0.2) is 18.2 Å². The Hall–Kier alpha value is -2.27. The van der Waals surface area contributed by atoms with Crippen LogP contribution in [-0.4, -0.2) is 18.3 Å². The van der Waals surface area contributed by atoms with Crippen LogP contribution in [0.25, 0.3) is 0 Å². The lowest BCUT2D eigenvalue weighted by atomic mass is 10.2. The standard InChI is InChI=1S/C6H6N4O6S/c7-17(15,16)8-6-4(9(11)12)2-1-3-5(6)10(13)14/h1-3,8H,(H2,7,15,16). The van der Waals surface area contributed by atoms with E-state index in [0.29, 0.717) is 0 Å². The number of hydrogen-bond acceptors (Lipinski definition) is 6. The summed E-state index contributed by atoms with van der Waals surface area (Å²) in [7, 11) is -4.35. The van der Waals surface area contributed by atoms with Gasteiger partial charge in [0.1, 0.15) is 0 Å². The molecule has 0 aromatic heterocycles. The summed E-state index contributed by atoms with van der Waals surface area (Å²) in [5.41, 5.74) is -2.29. The number of nitrogens with one attached hydrogen (secondary N) is 1. The van der Waals surface area contributed by atoms with E-state index in [1.54, 1.807) is 4.72 Å². The van der Waals surface area contributed by atoms with Gasteiger partial charge in [0.2, 0.25) is 5.69 Å². The number of hydrogen-bond donors (Lipinski definition) is 2. The molecule has 11 heteroatoms. The second-order valence-electron chi connectivity index (χ2n) is 2.83. The van der Waals surface area contributed by atoms with Crippen LogP contribution in [0.1, 0.15) is 0 Å². The summed E-state index contributed by atoms with van der Waals surface area (Å²) in [5.74, 6) is 0. The third kappa shape index (κ3) is 3.09. The molecule has 0 spiro atoms. The lowest BCUT2D eigenvalue weighted by Crippen LogP contribution is -2.22. The summed E-state index contributed by atoms with van der Waals surface area (Å²) in [6.45, 7) is 0. The van der Waals surface area contributed by atoms with Crippen LogP contribution in [-0.2, 0) is 10.2 Å². The molecule has 0 amide bonds. The van der Waals surface area contributed by atoms with Gasteiger partial charge in [-0.25, -0.2) is 5.14 Å². The maximum atomic E-state index is 10.8. The number of nitrogens with two attached hydrogens (primary N) is 1. The van der Waals surface area contributed by atoms with Gasteiger partial charge in [0.05, 0.1) is 9.85 Å². The van der Waals surface area contributed by atoms with Crippen molar-refractivity contribution in [3.63, 3.8) is 0 Å². The molecule has 0 bridgehead atoms. The average Bonchev–Trinajstić information content (AvgIpc) is 2.14. The monoisotopic (exact) mass is 262 g/mol. The van der Waals surface area contributed by atoms with Crippen LogP contribution in [0.2, 0.25) is 0 Å². The van der Waals surface area contributed by atoms with Crippen molar-refractivity contribution in [2.24, 2.45) is 5.14 Å².